The van der Waals surface area contributed by atoms with Gasteiger partial charge < -0.3 is 24.8 Å². The third kappa shape index (κ3) is 4.60. The van der Waals surface area contributed by atoms with E-state index in [1.165, 1.54) is 10.9 Å². The normalized spacial score (nSPS) is 25.9. The Morgan fingerprint density at radius 1 is 1.41 bits per heavy atom. The predicted octanol–water partition coefficient (Wildman–Crippen LogP) is -1.06. The van der Waals surface area contributed by atoms with E-state index >= 15 is 0 Å². The van der Waals surface area contributed by atoms with Crippen molar-refractivity contribution in [1.29, 1.82) is 0 Å². The number of fused-ring (bicyclic) bond motifs is 1. The van der Waals surface area contributed by atoms with E-state index in [1.807, 2.05) is 5.48 Å². The van der Waals surface area contributed by atoms with Crippen molar-refractivity contribution in [2.45, 2.75) is 30.8 Å². The summed E-state index contributed by atoms with van der Waals surface area (Å²) in [5.74, 6) is -1.64. The predicted molar refractivity (Wildman–Crippen MR) is 97.7 cm³/mol. The second-order valence-corrected chi connectivity index (χ2v) is 7.32. The minimum atomic E-state index is -3.24. The van der Waals surface area contributed by atoms with Crippen LogP contribution >= 0.6 is 30.8 Å². The highest BCUT2D eigenvalue weighted by atomic mass is 127. The fraction of sp³-hybridized carbons (Fsp3) is 0.500. The van der Waals surface area contributed by atoms with Crippen LogP contribution in [0.2, 0.25) is 0 Å². The van der Waals surface area contributed by atoms with Gasteiger partial charge in [0.25, 0.3) is 0 Å². The number of aliphatic hydroxyl groups is 2. The molecule has 3 rings (SSSR count). The van der Waals surface area contributed by atoms with Crippen LogP contribution in [-0.4, -0.2) is 82.1 Å². The van der Waals surface area contributed by atoms with Crippen LogP contribution in [-0.2, 0) is 23.4 Å². The van der Waals surface area contributed by atoms with E-state index < -0.39 is 51.7 Å². The molecule has 0 bridgehead atoms. The van der Waals surface area contributed by atoms with Crippen LogP contribution in [0.25, 0.3) is 11.2 Å². The molecular weight excluding hydrogens is 532 g/mol. The third-order valence-electron chi connectivity index (χ3n) is 3.91. The number of ether oxygens (including phenoxy) is 2. The van der Waals surface area contributed by atoms with Crippen LogP contribution in [0.15, 0.2) is 6.33 Å². The molecular formula is C12H14IN5O10P+. The zero-order chi connectivity index (χ0) is 21.3. The molecule has 0 spiro atoms. The maximum Gasteiger partial charge on any atom is 0.698 e. The summed E-state index contributed by atoms with van der Waals surface area (Å²) in [5, 5.41) is 38.7. The summed E-state index contributed by atoms with van der Waals surface area (Å²) in [6, 6.07) is 0. The first kappa shape index (κ1) is 22.1. The van der Waals surface area contributed by atoms with E-state index in [4.69, 9.17) is 19.5 Å². The molecule has 0 aromatic carbocycles. The van der Waals surface area contributed by atoms with E-state index in [9.17, 15) is 24.8 Å². The zero-order valence-electron chi connectivity index (χ0n) is 14.1. The Morgan fingerprint density at radius 2 is 2.14 bits per heavy atom. The number of anilines is 1. The lowest BCUT2D eigenvalue weighted by atomic mass is 10.1. The Hall–Kier alpha value is -1.63. The van der Waals surface area contributed by atoms with Gasteiger partial charge in [0.2, 0.25) is 0 Å². The Bertz CT molecular complexity index is 930. The van der Waals surface area contributed by atoms with E-state index in [2.05, 4.69) is 19.5 Å². The smallest absolute Gasteiger partial charge is 0.477 e. The molecule has 1 aliphatic rings. The van der Waals surface area contributed by atoms with Crippen LogP contribution < -0.4 is 5.48 Å². The summed E-state index contributed by atoms with van der Waals surface area (Å²) in [7, 11) is -3.24. The fourth-order valence-corrected chi connectivity index (χ4v) is 3.45. The molecule has 1 saturated heterocycles. The summed E-state index contributed by atoms with van der Waals surface area (Å²) >= 11 is 1.80. The number of aliphatic carboxylic acids is 1. The Kier molecular flexibility index (Phi) is 6.87. The molecule has 0 amide bonds. The molecule has 3 heterocycles. The molecule has 15 nitrogen and oxygen atoms in total. The van der Waals surface area contributed by atoms with Crippen molar-refractivity contribution in [2.75, 3.05) is 12.1 Å². The fourth-order valence-electron chi connectivity index (χ4n) is 2.66. The first-order valence-corrected chi connectivity index (χ1v) is 9.93. The second kappa shape index (κ2) is 9.02. The summed E-state index contributed by atoms with van der Waals surface area (Å²) in [5.41, 5.74) is 2.24. The van der Waals surface area contributed by atoms with Crippen molar-refractivity contribution in [1.82, 2.24) is 19.5 Å². The number of imidazole rings is 1. The standard InChI is InChI=1S/C12H13IN5O10P/c13-12-15-7(17-23)4-8(16-12)18(2-14-4)9-6(20)5(19)3(27-9)1-26-11(10(21)22)28-29(24)25/h2-3,5-6,9,11,19-20H,1H2,(H3-,15,16,17,21,22,23,24,25)/p+1/t3-,5-,6-,9-,11?/m1/s1. The average Bonchev–Trinajstić information content (AvgIpc) is 3.19. The molecule has 6 N–H and O–H groups in total. The van der Waals surface area contributed by atoms with Gasteiger partial charge in [-0.05, 0) is 0 Å². The molecule has 1 fully saturated rings. The van der Waals surface area contributed by atoms with Crippen LogP contribution in [0.1, 0.15) is 6.23 Å². The Morgan fingerprint density at radius 3 is 2.76 bits per heavy atom. The molecule has 0 saturated carbocycles. The molecule has 2 aromatic heterocycles. The van der Waals surface area contributed by atoms with Gasteiger partial charge >= 0.3 is 20.5 Å². The highest BCUT2D eigenvalue weighted by molar-refractivity contribution is 14.1. The minimum absolute atomic E-state index is 0.0191. The van der Waals surface area contributed by atoms with Gasteiger partial charge in [0.1, 0.15) is 18.3 Å². The lowest BCUT2D eigenvalue weighted by Gasteiger charge is -2.17. The number of aromatic nitrogens is 4. The molecule has 0 aliphatic carbocycles. The molecule has 158 valence electrons. The molecule has 2 aromatic rings. The first-order chi connectivity index (χ1) is 13.7. The number of aliphatic hydroxyl groups excluding tert-OH is 2. The molecule has 0 radical (unpaired) electrons. The maximum absolute atomic E-state index is 11.0. The van der Waals surface area contributed by atoms with E-state index in [1.54, 1.807) is 22.6 Å². The topological polar surface area (TPSA) is 219 Å². The van der Waals surface area contributed by atoms with Crippen LogP contribution in [0.3, 0.4) is 0 Å². The van der Waals surface area contributed by atoms with Crippen molar-refractivity contribution >= 4 is 53.8 Å². The molecule has 1 aliphatic heterocycles. The van der Waals surface area contributed by atoms with E-state index in [0.717, 1.165) is 0 Å². The number of carboxylic acids is 1. The molecule has 2 unspecified atom stereocenters. The number of hydrogen-bond acceptors (Lipinski definition) is 12. The van der Waals surface area contributed by atoms with Crippen molar-refractivity contribution in [3.05, 3.63) is 10.2 Å². The Labute approximate surface area is 175 Å². The number of carbonyl (C=O) groups is 1. The zero-order valence-corrected chi connectivity index (χ0v) is 17.1. The summed E-state index contributed by atoms with van der Waals surface area (Å²) in [6.45, 7) is -0.572. The number of rotatable bonds is 8. The third-order valence-corrected chi connectivity index (χ3v) is 4.77. The maximum atomic E-state index is 11.0. The summed E-state index contributed by atoms with van der Waals surface area (Å²) in [4.78, 5) is 31.8. The number of carboxylic acid groups (broad SMARTS) is 1. The van der Waals surface area contributed by atoms with E-state index in [0.29, 0.717) is 0 Å². The van der Waals surface area contributed by atoms with Gasteiger partial charge in [-0.2, -0.15) is 0 Å². The van der Waals surface area contributed by atoms with E-state index in [-0.39, 0.29) is 20.8 Å². The Balaban J connectivity index is 1.79. The quantitative estimate of drug-likeness (QED) is 0.0765. The monoisotopic (exact) mass is 546 g/mol. The number of nitrogens with zero attached hydrogens (tertiary/aromatic N) is 4. The van der Waals surface area contributed by atoms with Gasteiger partial charge in [-0.3, -0.25) is 15.3 Å². The summed E-state index contributed by atoms with van der Waals surface area (Å²) < 4.78 is 26.8. The molecule has 17 heteroatoms. The SMILES string of the molecule is O=C(O)C(OC[C@H]1O[C@@H](n2cnc3c(NO)nc(I)nc32)[C@H](O)[C@@H]1O)O[P+](=O)O. The molecule has 6 atom stereocenters. The van der Waals surface area contributed by atoms with Crippen LogP contribution in [0.4, 0.5) is 5.82 Å². The van der Waals surface area contributed by atoms with Crippen molar-refractivity contribution in [3.63, 3.8) is 0 Å². The number of hydrogen-bond donors (Lipinski definition) is 6. The lowest BCUT2D eigenvalue weighted by molar-refractivity contribution is -0.179. The first-order valence-electron chi connectivity index (χ1n) is 7.72. The lowest BCUT2D eigenvalue weighted by Crippen LogP contribution is -2.36. The van der Waals surface area contributed by atoms with Gasteiger partial charge in [-0.25, -0.2) is 19.7 Å². The van der Waals surface area contributed by atoms with Gasteiger partial charge in [-0.1, -0.05) is 4.52 Å². The van der Waals surface area contributed by atoms with Crippen LogP contribution in [0.5, 0.6) is 0 Å². The van der Waals surface area contributed by atoms with Crippen molar-refractivity contribution in [2.24, 2.45) is 0 Å². The highest BCUT2D eigenvalue weighted by Gasteiger charge is 2.45. The largest absolute Gasteiger partial charge is 0.698 e. The highest BCUT2D eigenvalue weighted by Crippen LogP contribution is 2.33. The van der Waals surface area contributed by atoms with Gasteiger partial charge in [0.05, 0.1) is 12.9 Å². The number of nitrogens with one attached hydrogen (secondary N) is 1. The van der Waals surface area contributed by atoms with Gasteiger partial charge in [-0.15, -0.1) is 4.89 Å². The molecule has 29 heavy (non-hydrogen) atoms. The van der Waals surface area contributed by atoms with Crippen LogP contribution in [0, 0.1) is 3.83 Å². The van der Waals surface area contributed by atoms with Gasteiger partial charge in [0.15, 0.2) is 27.0 Å². The second-order valence-electron chi connectivity index (χ2n) is 5.67. The number of halogens is 1. The summed E-state index contributed by atoms with van der Waals surface area (Å²) in [6.07, 6.45) is -6.17. The average molecular weight is 546 g/mol. The van der Waals surface area contributed by atoms with Crippen molar-refractivity contribution in [3.8, 4) is 0 Å². The van der Waals surface area contributed by atoms with Crippen molar-refractivity contribution < 1.29 is 48.8 Å². The minimum Gasteiger partial charge on any atom is -0.477 e. The van der Waals surface area contributed by atoms with Gasteiger partial charge in [0, 0.05) is 27.2 Å².